The number of ether oxygens (including phenoxy) is 1. The maximum absolute atomic E-state index is 13.8. The molecule has 0 amide bonds. The van der Waals surface area contributed by atoms with E-state index in [1.807, 2.05) is 6.92 Å². The van der Waals surface area contributed by atoms with Crippen LogP contribution in [0, 0.1) is 11.6 Å². The van der Waals surface area contributed by atoms with Crippen LogP contribution < -0.4 is 10.5 Å². The molecule has 0 radical (unpaired) electrons. The van der Waals surface area contributed by atoms with Gasteiger partial charge in [-0.1, -0.05) is 6.92 Å². The van der Waals surface area contributed by atoms with Crippen LogP contribution in [0.5, 0.6) is 5.75 Å². The minimum atomic E-state index is -0.656. The molecule has 0 aliphatic rings. The summed E-state index contributed by atoms with van der Waals surface area (Å²) in [5.41, 5.74) is 5.65. The molecule has 0 aliphatic heterocycles. The van der Waals surface area contributed by atoms with Gasteiger partial charge >= 0.3 is 0 Å². The van der Waals surface area contributed by atoms with E-state index in [0.29, 0.717) is 17.9 Å². The largest absolute Gasteiger partial charge is 0.492 e. The number of rotatable bonds is 4. The Morgan fingerprint density at radius 2 is 1.95 bits per heavy atom. The molecule has 3 nitrogen and oxygen atoms in total. The first-order chi connectivity index (χ1) is 9.11. The van der Waals surface area contributed by atoms with Crippen molar-refractivity contribution in [1.29, 1.82) is 0 Å². The van der Waals surface area contributed by atoms with E-state index in [-0.39, 0.29) is 11.3 Å². The van der Waals surface area contributed by atoms with Gasteiger partial charge in [-0.15, -0.1) is 0 Å². The van der Waals surface area contributed by atoms with Crippen LogP contribution >= 0.6 is 0 Å². The SMILES string of the molecule is CCCOc1cncc(-c2cc(F)c(N)cc2F)c1. The molecule has 0 saturated carbocycles. The smallest absolute Gasteiger partial charge is 0.146 e. The normalized spacial score (nSPS) is 10.5. The fourth-order valence-electron chi connectivity index (χ4n) is 1.65. The third-order valence-electron chi connectivity index (χ3n) is 2.58. The maximum atomic E-state index is 13.8. The Hall–Kier alpha value is -2.17. The van der Waals surface area contributed by atoms with Crippen molar-refractivity contribution < 1.29 is 13.5 Å². The quantitative estimate of drug-likeness (QED) is 0.861. The molecular weight excluding hydrogens is 250 g/mol. The average Bonchev–Trinajstić information content (AvgIpc) is 2.41. The van der Waals surface area contributed by atoms with Gasteiger partial charge < -0.3 is 10.5 Å². The summed E-state index contributed by atoms with van der Waals surface area (Å²) in [6.07, 6.45) is 3.84. The number of hydrogen-bond acceptors (Lipinski definition) is 3. The van der Waals surface area contributed by atoms with Gasteiger partial charge in [-0.2, -0.15) is 0 Å². The maximum Gasteiger partial charge on any atom is 0.146 e. The highest BCUT2D eigenvalue weighted by molar-refractivity contribution is 5.67. The number of anilines is 1. The molecule has 0 aliphatic carbocycles. The first-order valence-electron chi connectivity index (χ1n) is 5.94. The molecule has 0 atom stereocenters. The topological polar surface area (TPSA) is 48.1 Å². The Labute approximate surface area is 110 Å². The zero-order valence-electron chi connectivity index (χ0n) is 10.5. The van der Waals surface area contributed by atoms with E-state index in [0.717, 1.165) is 18.6 Å². The average molecular weight is 264 g/mol. The molecule has 19 heavy (non-hydrogen) atoms. The minimum absolute atomic E-state index is 0.112. The van der Waals surface area contributed by atoms with Crippen molar-refractivity contribution >= 4 is 5.69 Å². The van der Waals surface area contributed by atoms with E-state index < -0.39 is 11.6 Å². The van der Waals surface area contributed by atoms with Gasteiger partial charge in [0.15, 0.2) is 0 Å². The van der Waals surface area contributed by atoms with Crippen molar-refractivity contribution in [3.05, 3.63) is 42.2 Å². The van der Waals surface area contributed by atoms with Crippen LogP contribution in [0.15, 0.2) is 30.6 Å². The van der Waals surface area contributed by atoms with Crippen molar-refractivity contribution in [3.8, 4) is 16.9 Å². The molecule has 1 heterocycles. The Morgan fingerprint density at radius 1 is 1.16 bits per heavy atom. The van der Waals surface area contributed by atoms with Crippen molar-refractivity contribution in [3.63, 3.8) is 0 Å². The first-order valence-corrected chi connectivity index (χ1v) is 5.94. The molecule has 1 aromatic heterocycles. The van der Waals surface area contributed by atoms with Gasteiger partial charge in [-0.05, 0) is 18.6 Å². The Balaban J connectivity index is 2.38. The summed E-state index contributed by atoms with van der Waals surface area (Å²) in [7, 11) is 0. The molecule has 2 aromatic rings. The lowest BCUT2D eigenvalue weighted by Gasteiger charge is -2.08. The van der Waals surface area contributed by atoms with E-state index in [1.54, 1.807) is 6.07 Å². The molecule has 2 rings (SSSR count). The second-order valence-electron chi connectivity index (χ2n) is 4.11. The van der Waals surface area contributed by atoms with Gasteiger partial charge in [0.2, 0.25) is 0 Å². The summed E-state index contributed by atoms with van der Waals surface area (Å²) in [6.45, 7) is 2.52. The number of halogens is 2. The molecule has 0 bridgehead atoms. The number of nitrogen functional groups attached to an aromatic ring is 1. The van der Waals surface area contributed by atoms with E-state index in [9.17, 15) is 8.78 Å². The van der Waals surface area contributed by atoms with Gasteiger partial charge in [-0.3, -0.25) is 4.98 Å². The Morgan fingerprint density at radius 3 is 2.68 bits per heavy atom. The van der Waals surface area contributed by atoms with Crippen LogP contribution in [0.1, 0.15) is 13.3 Å². The Bertz CT molecular complexity index is 588. The molecule has 0 fully saturated rings. The van der Waals surface area contributed by atoms with Crippen LogP contribution in [0.2, 0.25) is 0 Å². The lowest BCUT2D eigenvalue weighted by molar-refractivity contribution is 0.316. The van der Waals surface area contributed by atoms with Crippen molar-refractivity contribution in [1.82, 2.24) is 4.98 Å². The molecular formula is C14H14F2N2O. The number of nitrogens with two attached hydrogens (primary N) is 1. The molecule has 0 saturated heterocycles. The standard InChI is InChI=1S/C14H14F2N2O/c1-2-3-19-10-4-9(7-18-8-10)11-5-13(16)14(17)6-12(11)15/h4-8H,2-3,17H2,1H3. The number of aromatic nitrogens is 1. The number of benzene rings is 1. The van der Waals surface area contributed by atoms with Crippen LogP contribution in [-0.4, -0.2) is 11.6 Å². The predicted molar refractivity (Wildman–Crippen MR) is 69.8 cm³/mol. The number of hydrogen-bond donors (Lipinski definition) is 1. The third-order valence-corrected chi connectivity index (χ3v) is 2.58. The zero-order chi connectivity index (χ0) is 13.8. The van der Waals surface area contributed by atoms with E-state index in [4.69, 9.17) is 10.5 Å². The van der Waals surface area contributed by atoms with Crippen LogP contribution in [-0.2, 0) is 0 Å². The summed E-state index contributed by atoms with van der Waals surface area (Å²) in [5, 5.41) is 0. The second kappa shape index (κ2) is 5.65. The fraction of sp³-hybridized carbons (Fsp3) is 0.214. The van der Waals surface area contributed by atoms with Gasteiger partial charge in [0.05, 0.1) is 18.5 Å². The van der Waals surface area contributed by atoms with E-state index in [2.05, 4.69) is 4.98 Å². The Kier molecular flexibility index (Phi) is 3.94. The highest BCUT2D eigenvalue weighted by atomic mass is 19.1. The predicted octanol–water partition coefficient (Wildman–Crippen LogP) is 3.40. The van der Waals surface area contributed by atoms with Gasteiger partial charge in [0.25, 0.3) is 0 Å². The van der Waals surface area contributed by atoms with Crippen LogP contribution in [0.25, 0.3) is 11.1 Å². The number of nitrogens with zero attached hydrogens (tertiary/aromatic N) is 1. The van der Waals surface area contributed by atoms with Gasteiger partial charge in [0, 0.05) is 23.4 Å². The van der Waals surface area contributed by atoms with Crippen molar-refractivity contribution in [2.45, 2.75) is 13.3 Å². The molecule has 2 N–H and O–H groups in total. The minimum Gasteiger partial charge on any atom is -0.492 e. The van der Waals surface area contributed by atoms with Crippen LogP contribution in [0.3, 0.4) is 0 Å². The lowest BCUT2D eigenvalue weighted by atomic mass is 10.1. The van der Waals surface area contributed by atoms with Crippen LogP contribution in [0.4, 0.5) is 14.5 Å². The van der Waals surface area contributed by atoms with E-state index in [1.165, 1.54) is 12.4 Å². The van der Waals surface area contributed by atoms with Crippen molar-refractivity contribution in [2.75, 3.05) is 12.3 Å². The molecule has 0 unspecified atom stereocenters. The zero-order valence-corrected chi connectivity index (χ0v) is 10.5. The van der Waals surface area contributed by atoms with Gasteiger partial charge in [0.1, 0.15) is 17.4 Å². The molecule has 100 valence electrons. The summed E-state index contributed by atoms with van der Waals surface area (Å²) >= 11 is 0. The summed E-state index contributed by atoms with van der Waals surface area (Å²) in [6, 6.07) is 3.65. The highest BCUT2D eigenvalue weighted by Gasteiger charge is 2.11. The third kappa shape index (κ3) is 2.99. The monoisotopic (exact) mass is 264 g/mol. The summed E-state index contributed by atoms with van der Waals surface area (Å²) < 4.78 is 32.6. The first kappa shape index (κ1) is 13.3. The second-order valence-corrected chi connectivity index (χ2v) is 4.11. The summed E-state index contributed by atoms with van der Waals surface area (Å²) in [5.74, 6) is -0.722. The van der Waals surface area contributed by atoms with E-state index >= 15 is 0 Å². The lowest BCUT2D eigenvalue weighted by Crippen LogP contribution is -1.97. The number of pyridine rings is 1. The van der Waals surface area contributed by atoms with Crippen molar-refractivity contribution in [2.24, 2.45) is 0 Å². The summed E-state index contributed by atoms with van der Waals surface area (Å²) in [4.78, 5) is 3.96. The fourth-order valence-corrected chi connectivity index (χ4v) is 1.65. The highest BCUT2D eigenvalue weighted by Crippen LogP contribution is 2.28. The molecule has 5 heteroatoms. The molecule has 1 aromatic carbocycles. The van der Waals surface area contributed by atoms with Gasteiger partial charge in [-0.25, -0.2) is 8.78 Å². The molecule has 0 spiro atoms.